The summed E-state index contributed by atoms with van der Waals surface area (Å²) < 4.78 is 10.9. The van der Waals surface area contributed by atoms with Crippen molar-refractivity contribution in [1.29, 1.82) is 0 Å². The maximum absolute atomic E-state index is 13.2. The summed E-state index contributed by atoms with van der Waals surface area (Å²) in [6.45, 7) is 5.15. The number of likely N-dealkylation sites (tertiary alicyclic amines) is 1. The molecule has 0 spiro atoms. The number of hydrogen-bond acceptors (Lipinski definition) is 5. The van der Waals surface area contributed by atoms with Gasteiger partial charge in [-0.15, -0.1) is 11.3 Å². The fourth-order valence-electron chi connectivity index (χ4n) is 4.58. The number of quaternary nitrogens is 1. The van der Waals surface area contributed by atoms with Crippen LogP contribution in [0.1, 0.15) is 28.1 Å². The SMILES string of the molecule is O=C([C@@H]1CCCN1C(=O)c1cccs1)N1CC[NH+](Cc2ccc3c(c2)OCO3)CC1. The van der Waals surface area contributed by atoms with Gasteiger partial charge in [-0.3, -0.25) is 9.59 Å². The van der Waals surface area contributed by atoms with Crippen LogP contribution in [0.5, 0.6) is 11.5 Å². The lowest BCUT2D eigenvalue weighted by atomic mass is 10.1. The molecule has 0 bridgehead atoms. The first-order valence-corrected chi connectivity index (χ1v) is 11.4. The first-order chi connectivity index (χ1) is 14.7. The van der Waals surface area contributed by atoms with Gasteiger partial charge in [0.1, 0.15) is 12.6 Å². The van der Waals surface area contributed by atoms with Gasteiger partial charge in [-0.2, -0.15) is 0 Å². The van der Waals surface area contributed by atoms with Gasteiger partial charge in [-0.25, -0.2) is 0 Å². The molecule has 2 aromatic rings. The van der Waals surface area contributed by atoms with Crippen molar-refractivity contribution < 1.29 is 24.0 Å². The largest absolute Gasteiger partial charge is 0.454 e. The van der Waals surface area contributed by atoms with E-state index < -0.39 is 0 Å². The quantitative estimate of drug-likeness (QED) is 0.790. The van der Waals surface area contributed by atoms with Crippen LogP contribution in [-0.4, -0.2) is 67.2 Å². The van der Waals surface area contributed by atoms with Crippen LogP contribution in [-0.2, 0) is 11.3 Å². The standard InChI is InChI=1S/C22H25N3O4S/c26-21(17-3-1-7-25(17)22(27)20-4-2-12-30-20)24-10-8-23(9-11-24)14-16-5-6-18-19(13-16)29-15-28-18/h2,4-6,12-13,17H,1,3,7-11,14-15H2/p+1/t17-/m0/s1. The Morgan fingerprint density at radius 3 is 2.73 bits per heavy atom. The van der Waals surface area contributed by atoms with Crippen LogP contribution in [0.15, 0.2) is 35.7 Å². The molecule has 3 aliphatic heterocycles. The Morgan fingerprint density at radius 1 is 1.10 bits per heavy atom. The number of carbonyl (C=O) groups is 2. The van der Waals surface area contributed by atoms with Crippen LogP contribution in [0.3, 0.4) is 0 Å². The predicted molar refractivity (Wildman–Crippen MR) is 112 cm³/mol. The molecule has 0 unspecified atom stereocenters. The molecule has 3 aliphatic rings. The third kappa shape index (κ3) is 3.77. The molecule has 1 aromatic heterocycles. The average molecular weight is 429 g/mol. The highest BCUT2D eigenvalue weighted by Crippen LogP contribution is 2.32. The fourth-order valence-corrected chi connectivity index (χ4v) is 5.26. The lowest BCUT2D eigenvalue weighted by Crippen LogP contribution is -3.13. The molecular weight excluding hydrogens is 402 g/mol. The molecule has 0 saturated carbocycles. The Hall–Kier alpha value is -2.58. The second-order valence-electron chi connectivity index (χ2n) is 8.07. The third-order valence-electron chi connectivity index (χ3n) is 6.20. The van der Waals surface area contributed by atoms with Crippen molar-refractivity contribution in [2.24, 2.45) is 0 Å². The molecule has 2 saturated heterocycles. The molecule has 7 nitrogen and oxygen atoms in total. The summed E-state index contributed by atoms with van der Waals surface area (Å²) in [5.74, 6) is 1.73. The number of carbonyl (C=O) groups excluding carboxylic acids is 2. The molecule has 2 fully saturated rings. The van der Waals surface area contributed by atoms with Gasteiger partial charge in [-0.1, -0.05) is 6.07 Å². The van der Waals surface area contributed by atoms with Gasteiger partial charge in [0.2, 0.25) is 12.7 Å². The van der Waals surface area contributed by atoms with Crippen molar-refractivity contribution in [2.75, 3.05) is 39.5 Å². The number of fused-ring (bicyclic) bond motifs is 1. The second kappa shape index (κ2) is 8.28. The number of rotatable bonds is 4. The minimum absolute atomic E-state index is 0.00656. The first kappa shape index (κ1) is 19.4. The van der Waals surface area contributed by atoms with Crippen LogP contribution in [0.2, 0.25) is 0 Å². The monoisotopic (exact) mass is 428 g/mol. The Bertz CT molecular complexity index is 924. The van der Waals surface area contributed by atoms with Crippen molar-refractivity contribution in [3.8, 4) is 11.5 Å². The highest BCUT2D eigenvalue weighted by molar-refractivity contribution is 7.12. The van der Waals surface area contributed by atoms with Gasteiger partial charge in [0, 0.05) is 12.1 Å². The van der Waals surface area contributed by atoms with E-state index in [0.717, 1.165) is 57.1 Å². The van der Waals surface area contributed by atoms with Crippen molar-refractivity contribution in [2.45, 2.75) is 25.4 Å². The van der Waals surface area contributed by atoms with Crippen molar-refractivity contribution in [3.63, 3.8) is 0 Å². The highest BCUT2D eigenvalue weighted by atomic mass is 32.1. The molecule has 4 heterocycles. The number of nitrogens with zero attached hydrogens (tertiary/aromatic N) is 2. The molecule has 1 N–H and O–H groups in total. The maximum atomic E-state index is 13.2. The van der Waals surface area contributed by atoms with E-state index in [1.807, 2.05) is 28.5 Å². The number of nitrogens with one attached hydrogen (secondary N) is 1. The number of amides is 2. The smallest absolute Gasteiger partial charge is 0.264 e. The Morgan fingerprint density at radius 2 is 1.93 bits per heavy atom. The zero-order valence-corrected chi connectivity index (χ0v) is 17.7. The molecule has 5 rings (SSSR count). The molecule has 1 aromatic carbocycles. The molecular formula is C22H26N3O4S+. The van der Waals surface area contributed by atoms with Gasteiger partial charge in [0.15, 0.2) is 11.5 Å². The summed E-state index contributed by atoms with van der Waals surface area (Å²) in [5, 5.41) is 1.91. The number of piperazine rings is 1. The van der Waals surface area contributed by atoms with Crippen molar-refractivity contribution in [3.05, 3.63) is 46.2 Å². The Labute approximate surface area is 179 Å². The summed E-state index contributed by atoms with van der Waals surface area (Å²) in [7, 11) is 0. The minimum Gasteiger partial charge on any atom is -0.454 e. The second-order valence-corrected chi connectivity index (χ2v) is 9.02. The summed E-state index contributed by atoms with van der Waals surface area (Å²) in [4.78, 5) is 31.9. The van der Waals surface area contributed by atoms with Gasteiger partial charge in [0.25, 0.3) is 5.91 Å². The van der Waals surface area contributed by atoms with Crippen LogP contribution in [0.25, 0.3) is 0 Å². The van der Waals surface area contributed by atoms with E-state index in [-0.39, 0.29) is 17.9 Å². The molecule has 1 atom stereocenters. The zero-order valence-electron chi connectivity index (χ0n) is 16.8. The third-order valence-corrected chi connectivity index (χ3v) is 7.06. The Kier molecular flexibility index (Phi) is 5.35. The predicted octanol–water partition coefficient (Wildman–Crippen LogP) is 1.01. The summed E-state index contributed by atoms with van der Waals surface area (Å²) >= 11 is 1.44. The average Bonchev–Trinajstić information content (AvgIpc) is 3.54. The lowest BCUT2D eigenvalue weighted by molar-refractivity contribution is -0.917. The van der Waals surface area contributed by atoms with Crippen LogP contribution < -0.4 is 14.4 Å². The van der Waals surface area contributed by atoms with E-state index in [9.17, 15) is 9.59 Å². The maximum Gasteiger partial charge on any atom is 0.264 e. The molecule has 0 radical (unpaired) electrons. The molecule has 2 amide bonds. The van der Waals surface area contributed by atoms with Crippen LogP contribution in [0, 0.1) is 0 Å². The number of thiophene rings is 1. The molecule has 158 valence electrons. The van der Waals surface area contributed by atoms with Crippen molar-refractivity contribution >= 4 is 23.2 Å². The molecule has 0 aliphatic carbocycles. The zero-order chi connectivity index (χ0) is 20.5. The van der Waals surface area contributed by atoms with Crippen LogP contribution >= 0.6 is 11.3 Å². The van der Waals surface area contributed by atoms with E-state index in [1.165, 1.54) is 21.8 Å². The van der Waals surface area contributed by atoms with Gasteiger partial charge in [-0.05, 0) is 42.5 Å². The van der Waals surface area contributed by atoms with E-state index in [0.29, 0.717) is 18.2 Å². The van der Waals surface area contributed by atoms with Crippen LogP contribution in [0.4, 0.5) is 0 Å². The summed E-state index contributed by atoms with van der Waals surface area (Å²) in [6.07, 6.45) is 1.66. The normalized spacial score (nSPS) is 21.3. The van der Waals surface area contributed by atoms with E-state index in [2.05, 4.69) is 12.1 Å². The Balaban J connectivity index is 1.17. The van der Waals surface area contributed by atoms with E-state index >= 15 is 0 Å². The number of benzene rings is 1. The fraction of sp³-hybridized carbons (Fsp3) is 0.455. The van der Waals surface area contributed by atoms with Crippen molar-refractivity contribution in [1.82, 2.24) is 9.80 Å². The molecule has 8 heteroatoms. The highest BCUT2D eigenvalue weighted by Gasteiger charge is 2.38. The van der Waals surface area contributed by atoms with Gasteiger partial charge >= 0.3 is 0 Å². The molecule has 30 heavy (non-hydrogen) atoms. The number of ether oxygens (including phenoxy) is 2. The lowest BCUT2D eigenvalue weighted by Gasteiger charge is -2.35. The van der Waals surface area contributed by atoms with E-state index in [4.69, 9.17) is 9.47 Å². The minimum atomic E-state index is -0.310. The summed E-state index contributed by atoms with van der Waals surface area (Å²) in [6, 6.07) is 9.52. The van der Waals surface area contributed by atoms with Gasteiger partial charge in [0.05, 0.1) is 31.1 Å². The van der Waals surface area contributed by atoms with Gasteiger partial charge < -0.3 is 24.2 Å². The topological polar surface area (TPSA) is 63.5 Å². The number of hydrogen-bond donors (Lipinski definition) is 1. The summed E-state index contributed by atoms with van der Waals surface area (Å²) in [5.41, 5.74) is 1.22. The van der Waals surface area contributed by atoms with E-state index in [1.54, 1.807) is 4.90 Å². The first-order valence-electron chi connectivity index (χ1n) is 10.5.